The fourth-order valence-electron chi connectivity index (χ4n) is 3.24. The summed E-state index contributed by atoms with van der Waals surface area (Å²) in [6.45, 7) is 3.99. The molecular formula is C22H22Cl2FN3O2. The van der Waals surface area contributed by atoms with E-state index in [1.54, 1.807) is 6.07 Å². The molecule has 0 radical (unpaired) electrons. The lowest BCUT2D eigenvalue weighted by Gasteiger charge is -2.13. The number of nitrogens with one attached hydrogen (secondary N) is 2. The van der Waals surface area contributed by atoms with Gasteiger partial charge in [-0.2, -0.15) is 0 Å². The summed E-state index contributed by atoms with van der Waals surface area (Å²) in [5, 5.41) is 3.19. The van der Waals surface area contributed by atoms with Crippen LogP contribution < -0.4 is 15.8 Å². The van der Waals surface area contributed by atoms with Gasteiger partial charge in [0, 0.05) is 35.1 Å². The van der Waals surface area contributed by atoms with Crippen molar-refractivity contribution in [2.75, 3.05) is 5.73 Å². The van der Waals surface area contributed by atoms with Gasteiger partial charge in [-0.15, -0.1) is 0 Å². The fraction of sp³-hybridized carbons (Fsp3) is 0.227. The number of anilines is 1. The number of benzene rings is 2. The van der Waals surface area contributed by atoms with Crippen LogP contribution in [0.1, 0.15) is 41.0 Å². The number of rotatable bonds is 7. The predicted molar refractivity (Wildman–Crippen MR) is 118 cm³/mol. The second-order valence-corrected chi connectivity index (χ2v) is 7.57. The molecule has 3 rings (SSSR count). The molecule has 0 saturated carbocycles. The van der Waals surface area contributed by atoms with Crippen LogP contribution in [0.15, 0.2) is 36.5 Å². The van der Waals surface area contributed by atoms with Gasteiger partial charge in [-0.1, -0.05) is 43.1 Å². The summed E-state index contributed by atoms with van der Waals surface area (Å²) >= 11 is 12.1. The zero-order valence-corrected chi connectivity index (χ0v) is 18.1. The summed E-state index contributed by atoms with van der Waals surface area (Å²) in [7, 11) is 0. The van der Waals surface area contributed by atoms with Crippen molar-refractivity contribution in [3.8, 4) is 11.5 Å². The van der Waals surface area contributed by atoms with Crippen molar-refractivity contribution in [3.05, 3.63) is 74.8 Å². The minimum atomic E-state index is -0.669. The van der Waals surface area contributed by atoms with Gasteiger partial charge in [-0.05, 0) is 42.2 Å². The maximum atomic E-state index is 15.0. The molecule has 0 bridgehead atoms. The fourth-order valence-corrected chi connectivity index (χ4v) is 3.66. The second-order valence-electron chi connectivity index (χ2n) is 6.73. The maximum absolute atomic E-state index is 15.0. The number of ether oxygens (including phenoxy) is 1. The zero-order valence-electron chi connectivity index (χ0n) is 16.6. The smallest absolute Gasteiger partial charge is 0.268 e. The Labute approximate surface area is 184 Å². The van der Waals surface area contributed by atoms with E-state index >= 15 is 4.39 Å². The van der Waals surface area contributed by atoms with Crippen LogP contribution >= 0.6 is 23.2 Å². The highest BCUT2D eigenvalue weighted by atomic mass is 35.5. The van der Waals surface area contributed by atoms with Gasteiger partial charge in [-0.25, -0.2) is 4.39 Å². The van der Waals surface area contributed by atoms with E-state index in [4.69, 9.17) is 33.7 Å². The van der Waals surface area contributed by atoms with Crippen LogP contribution in [0.3, 0.4) is 0 Å². The van der Waals surface area contributed by atoms with Gasteiger partial charge in [0.15, 0.2) is 11.6 Å². The molecule has 0 fully saturated rings. The Hall–Kier alpha value is -2.70. The van der Waals surface area contributed by atoms with Gasteiger partial charge in [0.05, 0.1) is 5.02 Å². The van der Waals surface area contributed by atoms with E-state index in [1.165, 1.54) is 24.3 Å². The van der Waals surface area contributed by atoms with Gasteiger partial charge in [0.1, 0.15) is 11.4 Å². The first kappa shape index (κ1) is 22.0. The lowest BCUT2D eigenvalue weighted by molar-refractivity contribution is 0.0945. The first-order chi connectivity index (χ1) is 14.3. The van der Waals surface area contributed by atoms with Crippen molar-refractivity contribution < 1.29 is 13.9 Å². The molecule has 0 aliphatic heterocycles. The molecule has 1 aromatic heterocycles. The lowest BCUT2D eigenvalue weighted by atomic mass is 10.1. The van der Waals surface area contributed by atoms with Gasteiger partial charge in [-0.3, -0.25) is 4.79 Å². The highest BCUT2D eigenvalue weighted by Gasteiger charge is 2.18. The number of aromatic amines is 1. The third-order valence-corrected chi connectivity index (χ3v) is 5.24. The molecule has 0 spiro atoms. The Balaban J connectivity index is 1.80. The van der Waals surface area contributed by atoms with Crippen LogP contribution in [0.4, 0.5) is 10.1 Å². The van der Waals surface area contributed by atoms with Crippen molar-refractivity contribution >= 4 is 34.8 Å². The van der Waals surface area contributed by atoms with Gasteiger partial charge >= 0.3 is 0 Å². The van der Waals surface area contributed by atoms with Crippen LogP contribution in [0.25, 0.3) is 0 Å². The van der Waals surface area contributed by atoms with E-state index in [0.717, 1.165) is 24.0 Å². The van der Waals surface area contributed by atoms with E-state index < -0.39 is 5.82 Å². The third kappa shape index (κ3) is 4.71. The van der Waals surface area contributed by atoms with E-state index in [2.05, 4.69) is 10.3 Å². The summed E-state index contributed by atoms with van der Waals surface area (Å²) in [5.41, 5.74) is 8.92. The van der Waals surface area contributed by atoms with E-state index in [-0.39, 0.29) is 34.5 Å². The molecule has 0 aliphatic carbocycles. The summed E-state index contributed by atoms with van der Waals surface area (Å²) in [5.74, 6) is -0.871. The Bertz CT molecular complexity index is 1060. The topological polar surface area (TPSA) is 80.1 Å². The minimum Gasteiger partial charge on any atom is -0.453 e. The van der Waals surface area contributed by atoms with Gasteiger partial charge < -0.3 is 20.8 Å². The summed E-state index contributed by atoms with van der Waals surface area (Å²) in [6.07, 6.45) is 3.39. The number of aromatic nitrogens is 1. The van der Waals surface area contributed by atoms with Gasteiger partial charge in [0.2, 0.25) is 0 Å². The SMILES string of the molecule is CCc1c[nH]c(C(=O)NCc2ccc(Cl)c(Oc3cc(N)cc(Cl)c3)c2F)c1CC. The molecule has 30 heavy (non-hydrogen) atoms. The maximum Gasteiger partial charge on any atom is 0.268 e. The minimum absolute atomic E-state index is 0.0283. The monoisotopic (exact) mass is 449 g/mol. The summed E-state index contributed by atoms with van der Waals surface area (Å²) < 4.78 is 20.6. The van der Waals surface area contributed by atoms with Crippen molar-refractivity contribution in [3.63, 3.8) is 0 Å². The van der Waals surface area contributed by atoms with Crippen molar-refractivity contribution in [1.82, 2.24) is 10.3 Å². The number of hydrogen-bond donors (Lipinski definition) is 3. The molecule has 158 valence electrons. The zero-order chi connectivity index (χ0) is 21.8. The van der Waals surface area contributed by atoms with Crippen LogP contribution in [0, 0.1) is 5.82 Å². The van der Waals surface area contributed by atoms with Gasteiger partial charge in [0.25, 0.3) is 5.91 Å². The number of nitrogens with two attached hydrogens (primary N) is 1. The Morgan fingerprint density at radius 2 is 1.93 bits per heavy atom. The van der Waals surface area contributed by atoms with Crippen molar-refractivity contribution in [2.45, 2.75) is 33.2 Å². The molecule has 0 aliphatic rings. The number of carbonyl (C=O) groups is 1. The molecule has 2 aromatic carbocycles. The molecule has 1 heterocycles. The Kier molecular flexibility index (Phi) is 6.90. The number of halogens is 3. The molecule has 0 atom stereocenters. The van der Waals surface area contributed by atoms with Crippen molar-refractivity contribution in [2.24, 2.45) is 0 Å². The number of carbonyl (C=O) groups excluding carboxylic acids is 1. The third-order valence-electron chi connectivity index (χ3n) is 4.72. The van der Waals surface area contributed by atoms with E-state index in [0.29, 0.717) is 16.4 Å². The molecule has 1 amide bonds. The van der Waals surface area contributed by atoms with Crippen molar-refractivity contribution in [1.29, 1.82) is 0 Å². The van der Waals surface area contributed by atoms with Crippen LogP contribution in [-0.4, -0.2) is 10.9 Å². The molecule has 4 N–H and O–H groups in total. The first-order valence-corrected chi connectivity index (χ1v) is 10.3. The molecule has 0 unspecified atom stereocenters. The standard InChI is InChI=1S/C22H22Cl2FN3O2/c1-3-12-10-27-20(17(12)4-2)22(29)28-11-13-5-6-18(24)21(19(13)25)30-16-8-14(23)7-15(26)9-16/h5-10,27H,3-4,11,26H2,1-2H3,(H,28,29). The van der Waals surface area contributed by atoms with Crippen LogP contribution in [0.5, 0.6) is 11.5 Å². The molecule has 3 aromatic rings. The Morgan fingerprint density at radius 1 is 1.17 bits per heavy atom. The van der Waals surface area contributed by atoms with E-state index in [9.17, 15) is 4.79 Å². The molecule has 5 nitrogen and oxygen atoms in total. The van der Waals surface area contributed by atoms with Crippen LogP contribution in [-0.2, 0) is 19.4 Å². The second kappa shape index (κ2) is 9.41. The normalized spacial score (nSPS) is 10.8. The lowest BCUT2D eigenvalue weighted by Crippen LogP contribution is -2.24. The number of amides is 1. The number of aryl methyl sites for hydroxylation is 1. The highest BCUT2D eigenvalue weighted by molar-refractivity contribution is 6.32. The predicted octanol–water partition coefficient (Wildman–Crippen LogP) is 5.89. The molecule has 0 saturated heterocycles. The Morgan fingerprint density at radius 3 is 2.60 bits per heavy atom. The number of hydrogen-bond acceptors (Lipinski definition) is 3. The number of nitrogen functional groups attached to an aromatic ring is 1. The average Bonchev–Trinajstić information content (AvgIpc) is 3.12. The summed E-state index contributed by atoms with van der Waals surface area (Å²) in [4.78, 5) is 15.6. The first-order valence-electron chi connectivity index (χ1n) is 9.52. The average molecular weight is 450 g/mol. The molecular weight excluding hydrogens is 428 g/mol. The number of H-pyrrole nitrogens is 1. The summed E-state index contributed by atoms with van der Waals surface area (Å²) in [6, 6.07) is 7.58. The highest BCUT2D eigenvalue weighted by Crippen LogP contribution is 2.35. The largest absolute Gasteiger partial charge is 0.453 e. The van der Waals surface area contributed by atoms with Crippen LogP contribution in [0.2, 0.25) is 10.0 Å². The van der Waals surface area contributed by atoms with E-state index in [1.807, 2.05) is 20.0 Å². The molecule has 8 heteroatoms. The quantitative estimate of drug-likeness (QED) is 0.393.